The largest absolute Gasteiger partial charge is 0.379 e. The summed E-state index contributed by atoms with van der Waals surface area (Å²) in [5, 5.41) is 3.53. The molecule has 2 aliphatic heterocycles. The Morgan fingerprint density at radius 1 is 1.29 bits per heavy atom. The van der Waals surface area contributed by atoms with Gasteiger partial charge in [0.15, 0.2) is 0 Å². The number of piperidine rings is 1. The van der Waals surface area contributed by atoms with Crippen molar-refractivity contribution < 1.29 is 4.74 Å². The van der Waals surface area contributed by atoms with Crippen molar-refractivity contribution in [3.8, 4) is 0 Å². The first-order valence-corrected chi connectivity index (χ1v) is 7.16. The third kappa shape index (κ3) is 1.94. The standard InChI is InChI=1S/C14H18BrNO/c15-13-6-2-1-5-12(13)14(9-17-10-14)11-4-3-7-16-8-11/h1-2,5-6,11,16H,3-4,7-10H2. The average Bonchev–Trinajstić information content (AvgIpc) is 2.32. The summed E-state index contributed by atoms with van der Waals surface area (Å²) in [7, 11) is 0. The number of ether oxygens (including phenoxy) is 1. The zero-order chi connectivity index (χ0) is 11.7. The molecule has 1 atom stereocenters. The minimum absolute atomic E-state index is 0.244. The van der Waals surface area contributed by atoms with Crippen LogP contribution in [-0.4, -0.2) is 26.3 Å². The van der Waals surface area contributed by atoms with Crippen LogP contribution in [0.1, 0.15) is 18.4 Å². The molecule has 17 heavy (non-hydrogen) atoms. The topological polar surface area (TPSA) is 21.3 Å². The molecule has 0 aromatic heterocycles. The van der Waals surface area contributed by atoms with Gasteiger partial charge in [-0.25, -0.2) is 0 Å². The van der Waals surface area contributed by atoms with E-state index in [2.05, 4.69) is 45.5 Å². The van der Waals surface area contributed by atoms with Crippen molar-refractivity contribution in [3.05, 3.63) is 34.3 Å². The SMILES string of the molecule is Brc1ccccc1C1(C2CCCNC2)COC1. The van der Waals surface area contributed by atoms with Gasteiger partial charge in [0.25, 0.3) is 0 Å². The summed E-state index contributed by atoms with van der Waals surface area (Å²) in [5.74, 6) is 0.712. The maximum Gasteiger partial charge on any atom is 0.0589 e. The van der Waals surface area contributed by atoms with Crippen LogP contribution in [0.2, 0.25) is 0 Å². The van der Waals surface area contributed by atoms with Crippen LogP contribution in [0, 0.1) is 5.92 Å². The molecule has 1 aromatic rings. The van der Waals surface area contributed by atoms with Crippen molar-refractivity contribution in [2.45, 2.75) is 18.3 Å². The Kier molecular flexibility index (Phi) is 3.24. The highest BCUT2D eigenvalue weighted by atomic mass is 79.9. The number of halogens is 1. The summed E-state index contributed by atoms with van der Waals surface area (Å²) in [5.41, 5.74) is 1.67. The number of rotatable bonds is 2. The molecule has 2 nitrogen and oxygen atoms in total. The predicted molar refractivity (Wildman–Crippen MR) is 72.2 cm³/mol. The molecule has 3 heteroatoms. The first-order chi connectivity index (χ1) is 8.33. The molecule has 0 saturated carbocycles. The fourth-order valence-electron chi connectivity index (χ4n) is 3.12. The molecule has 0 radical (unpaired) electrons. The molecule has 2 fully saturated rings. The van der Waals surface area contributed by atoms with Crippen molar-refractivity contribution in [3.63, 3.8) is 0 Å². The average molecular weight is 296 g/mol. The van der Waals surface area contributed by atoms with Crippen molar-refractivity contribution in [2.24, 2.45) is 5.92 Å². The second-order valence-corrected chi connectivity index (χ2v) is 6.03. The Bertz CT molecular complexity index is 397. The highest BCUT2D eigenvalue weighted by Crippen LogP contribution is 2.44. The first-order valence-electron chi connectivity index (χ1n) is 6.36. The van der Waals surface area contributed by atoms with E-state index in [1.807, 2.05) is 0 Å². The molecular formula is C14H18BrNO. The van der Waals surface area contributed by atoms with Crippen molar-refractivity contribution in [2.75, 3.05) is 26.3 Å². The van der Waals surface area contributed by atoms with E-state index in [-0.39, 0.29) is 5.41 Å². The highest BCUT2D eigenvalue weighted by molar-refractivity contribution is 9.10. The van der Waals surface area contributed by atoms with E-state index in [0.717, 1.165) is 19.8 Å². The third-order valence-corrected chi connectivity index (χ3v) is 4.90. The zero-order valence-electron chi connectivity index (χ0n) is 9.92. The predicted octanol–water partition coefficient (Wildman–Crippen LogP) is 2.72. The van der Waals surface area contributed by atoms with E-state index in [1.165, 1.54) is 29.4 Å². The number of nitrogens with one attached hydrogen (secondary N) is 1. The Morgan fingerprint density at radius 3 is 2.71 bits per heavy atom. The van der Waals surface area contributed by atoms with E-state index >= 15 is 0 Å². The summed E-state index contributed by atoms with van der Waals surface area (Å²) in [6, 6.07) is 8.61. The van der Waals surface area contributed by atoms with Crippen LogP contribution in [0.15, 0.2) is 28.7 Å². The molecule has 1 unspecified atom stereocenters. The third-order valence-electron chi connectivity index (χ3n) is 4.21. The number of hydrogen-bond donors (Lipinski definition) is 1. The van der Waals surface area contributed by atoms with Crippen LogP contribution in [0.3, 0.4) is 0 Å². The van der Waals surface area contributed by atoms with E-state index in [9.17, 15) is 0 Å². The fourth-order valence-corrected chi connectivity index (χ4v) is 3.80. The van der Waals surface area contributed by atoms with Crippen molar-refractivity contribution >= 4 is 15.9 Å². The quantitative estimate of drug-likeness (QED) is 0.906. The molecule has 2 heterocycles. The van der Waals surface area contributed by atoms with Crippen LogP contribution < -0.4 is 5.32 Å². The number of benzene rings is 1. The lowest BCUT2D eigenvalue weighted by molar-refractivity contribution is -0.0951. The summed E-state index contributed by atoms with van der Waals surface area (Å²) in [4.78, 5) is 0. The Hall–Kier alpha value is -0.380. The van der Waals surface area contributed by atoms with E-state index < -0.39 is 0 Å². The minimum Gasteiger partial charge on any atom is -0.379 e. The maximum absolute atomic E-state index is 5.55. The van der Waals surface area contributed by atoms with Gasteiger partial charge in [0.1, 0.15) is 0 Å². The lowest BCUT2D eigenvalue weighted by atomic mass is 9.66. The van der Waals surface area contributed by atoms with Crippen LogP contribution >= 0.6 is 15.9 Å². The minimum atomic E-state index is 0.244. The second-order valence-electron chi connectivity index (χ2n) is 5.17. The Balaban J connectivity index is 1.93. The maximum atomic E-state index is 5.55. The number of hydrogen-bond acceptors (Lipinski definition) is 2. The summed E-state index contributed by atoms with van der Waals surface area (Å²) in [6.07, 6.45) is 2.61. The van der Waals surface area contributed by atoms with Gasteiger partial charge in [-0.15, -0.1) is 0 Å². The zero-order valence-corrected chi connectivity index (χ0v) is 11.5. The van der Waals surface area contributed by atoms with Crippen LogP contribution in [0.25, 0.3) is 0 Å². The normalized spacial score (nSPS) is 27.5. The smallest absolute Gasteiger partial charge is 0.0589 e. The van der Waals surface area contributed by atoms with E-state index in [4.69, 9.17) is 4.74 Å². The van der Waals surface area contributed by atoms with Crippen molar-refractivity contribution in [1.29, 1.82) is 0 Å². The second kappa shape index (κ2) is 4.71. The van der Waals surface area contributed by atoms with E-state index in [1.54, 1.807) is 0 Å². The molecule has 0 amide bonds. The van der Waals surface area contributed by atoms with Crippen LogP contribution in [-0.2, 0) is 10.2 Å². The summed E-state index contributed by atoms with van der Waals surface area (Å²) < 4.78 is 6.78. The van der Waals surface area contributed by atoms with Gasteiger partial charge in [0.2, 0.25) is 0 Å². The lowest BCUT2D eigenvalue weighted by Gasteiger charge is -2.49. The molecule has 0 spiro atoms. The summed E-state index contributed by atoms with van der Waals surface area (Å²) >= 11 is 3.70. The molecule has 92 valence electrons. The molecule has 1 aromatic carbocycles. The molecular weight excluding hydrogens is 278 g/mol. The fraction of sp³-hybridized carbons (Fsp3) is 0.571. The van der Waals surface area contributed by atoms with Crippen LogP contribution in [0.4, 0.5) is 0 Å². The van der Waals surface area contributed by atoms with Crippen molar-refractivity contribution in [1.82, 2.24) is 5.32 Å². The molecule has 0 aliphatic carbocycles. The van der Waals surface area contributed by atoms with E-state index in [0.29, 0.717) is 5.92 Å². The molecule has 3 rings (SSSR count). The van der Waals surface area contributed by atoms with Gasteiger partial charge in [-0.2, -0.15) is 0 Å². The molecule has 2 saturated heterocycles. The van der Waals surface area contributed by atoms with Gasteiger partial charge in [-0.1, -0.05) is 34.1 Å². The van der Waals surface area contributed by atoms with Gasteiger partial charge in [-0.3, -0.25) is 0 Å². The van der Waals surface area contributed by atoms with Gasteiger partial charge >= 0.3 is 0 Å². The molecule has 2 aliphatic rings. The summed E-state index contributed by atoms with van der Waals surface area (Å²) in [6.45, 7) is 4.05. The van der Waals surface area contributed by atoms with Gasteiger partial charge < -0.3 is 10.1 Å². The first kappa shape index (κ1) is 11.7. The van der Waals surface area contributed by atoms with Gasteiger partial charge in [0, 0.05) is 9.89 Å². The van der Waals surface area contributed by atoms with Gasteiger partial charge in [0.05, 0.1) is 13.2 Å². The lowest BCUT2D eigenvalue weighted by Crippen LogP contribution is -2.56. The molecule has 0 bridgehead atoms. The Morgan fingerprint density at radius 2 is 2.12 bits per heavy atom. The highest BCUT2D eigenvalue weighted by Gasteiger charge is 2.47. The Labute approximate surface area is 111 Å². The van der Waals surface area contributed by atoms with Gasteiger partial charge in [-0.05, 0) is 43.5 Å². The van der Waals surface area contributed by atoms with Crippen LogP contribution in [0.5, 0.6) is 0 Å². The molecule has 1 N–H and O–H groups in total. The monoisotopic (exact) mass is 295 g/mol.